The minimum Gasteiger partial charge on any atom is -0.411 e. The fourth-order valence-electron chi connectivity index (χ4n) is 4.36. The lowest BCUT2D eigenvalue weighted by atomic mass is 9.69. The Hall–Kier alpha value is -0.0262. The van der Waals surface area contributed by atoms with Gasteiger partial charge in [-0.2, -0.15) is 0 Å². The highest BCUT2D eigenvalue weighted by Gasteiger charge is 2.72. The lowest BCUT2D eigenvalue weighted by Gasteiger charge is -2.48. The first-order chi connectivity index (χ1) is 11.8. The highest BCUT2D eigenvalue weighted by Crippen LogP contribution is 2.59. The van der Waals surface area contributed by atoms with Gasteiger partial charge in [-0.15, -0.1) is 0 Å². The van der Waals surface area contributed by atoms with Gasteiger partial charge in [-0.25, -0.2) is 0 Å². The zero-order valence-corrected chi connectivity index (χ0v) is 20.0. The Morgan fingerprint density at radius 3 is 2.12 bits per heavy atom. The van der Waals surface area contributed by atoms with Gasteiger partial charge in [-0.3, -0.25) is 0 Å². The maximum Gasteiger partial charge on any atom is 0.184 e. The first-order valence-corrected chi connectivity index (χ1v) is 16.6. The number of aliphatic hydroxyl groups excluding tert-OH is 1. The van der Waals surface area contributed by atoms with Gasteiger partial charge in [0, 0.05) is 0 Å². The summed E-state index contributed by atoms with van der Waals surface area (Å²) in [5, 5.41) is 9.22. The van der Waals surface area contributed by atoms with Crippen LogP contribution in [0, 0.1) is 5.41 Å². The normalized spacial score (nSPS) is 41.2. The van der Waals surface area contributed by atoms with Gasteiger partial charge in [0.05, 0.1) is 29.8 Å². The van der Waals surface area contributed by atoms with E-state index in [2.05, 4.69) is 60.1 Å². The van der Waals surface area contributed by atoms with E-state index in [1.807, 2.05) is 6.08 Å². The second-order valence-electron chi connectivity index (χ2n) is 9.83. The molecule has 2 aliphatic rings. The zero-order valence-electron chi connectivity index (χ0n) is 18.0. The largest absolute Gasteiger partial charge is 0.411 e. The third kappa shape index (κ3) is 4.04. The molecule has 0 aromatic heterocycles. The highest BCUT2D eigenvalue weighted by molar-refractivity contribution is 6.70. The van der Waals surface area contributed by atoms with E-state index in [1.54, 1.807) is 6.08 Å². The average Bonchev–Trinajstić information content (AvgIpc) is 2.84. The molecule has 0 aromatic carbocycles. The Labute approximate surface area is 161 Å². The summed E-state index contributed by atoms with van der Waals surface area (Å²) < 4.78 is 26.1. The molecule has 0 spiro atoms. The standard InChI is InChI=1S/C19H38O5Si2/c1-10-15-19(3,24-26(7,8)9)18(2)16(23-25(4,5)6)14(12-11-13-20)21-17(18)22-15/h11-12,14-17,20H,10,13H2,1-9H3/b12-11+/t14-,15-,16+,17+,18+,19+/m1/s1. The van der Waals surface area contributed by atoms with Crippen LogP contribution in [0.1, 0.15) is 27.2 Å². The van der Waals surface area contributed by atoms with Crippen molar-refractivity contribution in [3.63, 3.8) is 0 Å². The van der Waals surface area contributed by atoms with E-state index in [9.17, 15) is 5.11 Å². The smallest absolute Gasteiger partial charge is 0.184 e. The Morgan fingerprint density at radius 2 is 1.65 bits per heavy atom. The van der Waals surface area contributed by atoms with Crippen molar-refractivity contribution in [1.29, 1.82) is 0 Å². The average molecular weight is 403 g/mol. The van der Waals surface area contributed by atoms with Gasteiger partial charge in [0.25, 0.3) is 0 Å². The maximum absolute atomic E-state index is 9.22. The van der Waals surface area contributed by atoms with Gasteiger partial charge in [0.1, 0.15) is 6.10 Å². The Balaban J connectivity index is 2.51. The number of hydrogen-bond acceptors (Lipinski definition) is 5. The first kappa shape index (κ1) is 22.3. The number of rotatable bonds is 7. The van der Waals surface area contributed by atoms with E-state index in [0.29, 0.717) is 0 Å². The molecule has 2 aliphatic heterocycles. The fraction of sp³-hybridized carbons (Fsp3) is 0.895. The van der Waals surface area contributed by atoms with Gasteiger partial charge < -0.3 is 23.4 Å². The molecule has 0 amide bonds. The van der Waals surface area contributed by atoms with Crippen molar-refractivity contribution in [3.05, 3.63) is 12.2 Å². The molecule has 1 N–H and O–H groups in total. The van der Waals surface area contributed by atoms with E-state index >= 15 is 0 Å². The molecule has 2 saturated heterocycles. The van der Waals surface area contributed by atoms with Gasteiger partial charge >= 0.3 is 0 Å². The number of fused-ring (bicyclic) bond motifs is 1. The van der Waals surface area contributed by atoms with E-state index < -0.39 is 27.7 Å². The van der Waals surface area contributed by atoms with E-state index in [-0.39, 0.29) is 31.2 Å². The van der Waals surface area contributed by atoms with Crippen molar-refractivity contribution >= 4 is 16.6 Å². The maximum atomic E-state index is 9.22. The topological polar surface area (TPSA) is 57.2 Å². The Morgan fingerprint density at radius 1 is 1.04 bits per heavy atom. The molecular formula is C19H38O5Si2. The van der Waals surface area contributed by atoms with Crippen molar-refractivity contribution in [2.45, 2.75) is 96.7 Å². The minimum atomic E-state index is -1.84. The van der Waals surface area contributed by atoms with Gasteiger partial charge in [0.15, 0.2) is 22.9 Å². The van der Waals surface area contributed by atoms with Crippen molar-refractivity contribution in [1.82, 2.24) is 0 Å². The van der Waals surface area contributed by atoms with E-state index in [4.69, 9.17) is 18.3 Å². The molecule has 2 rings (SSSR count). The summed E-state index contributed by atoms with van der Waals surface area (Å²) in [5.74, 6) is 0. The second-order valence-corrected chi connectivity index (χ2v) is 18.7. The molecule has 2 heterocycles. The minimum absolute atomic E-state index is 0.0119. The molecular weight excluding hydrogens is 364 g/mol. The van der Waals surface area contributed by atoms with Crippen LogP contribution in [0.4, 0.5) is 0 Å². The van der Waals surface area contributed by atoms with E-state index in [1.165, 1.54) is 0 Å². The fourth-order valence-corrected chi connectivity index (χ4v) is 7.12. The molecule has 152 valence electrons. The molecule has 6 atom stereocenters. The van der Waals surface area contributed by atoms with Gasteiger partial charge in [0.2, 0.25) is 0 Å². The quantitative estimate of drug-likeness (QED) is 0.517. The summed E-state index contributed by atoms with van der Waals surface area (Å²) in [6.45, 7) is 19.7. The van der Waals surface area contributed by atoms with Crippen LogP contribution < -0.4 is 0 Å². The van der Waals surface area contributed by atoms with Crippen molar-refractivity contribution in [3.8, 4) is 0 Å². The summed E-state index contributed by atoms with van der Waals surface area (Å²) in [7, 11) is -3.67. The molecule has 5 nitrogen and oxygen atoms in total. The van der Waals surface area contributed by atoms with Crippen molar-refractivity contribution < 1.29 is 23.4 Å². The number of ether oxygens (including phenoxy) is 2. The summed E-state index contributed by atoms with van der Waals surface area (Å²) in [6.07, 6.45) is 3.69. The number of hydrogen-bond donors (Lipinski definition) is 1. The summed E-state index contributed by atoms with van der Waals surface area (Å²) in [6, 6.07) is 0. The van der Waals surface area contributed by atoms with Crippen LogP contribution >= 0.6 is 0 Å². The number of aliphatic hydroxyl groups is 1. The second kappa shape index (κ2) is 7.42. The van der Waals surface area contributed by atoms with Crippen LogP contribution in [0.2, 0.25) is 39.3 Å². The van der Waals surface area contributed by atoms with Crippen LogP contribution in [-0.4, -0.2) is 58.6 Å². The molecule has 0 radical (unpaired) electrons. The monoisotopic (exact) mass is 402 g/mol. The molecule has 0 aromatic rings. The Kier molecular flexibility index (Phi) is 6.36. The van der Waals surface area contributed by atoms with Crippen molar-refractivity contribution in [2.75, 3.05) is 6.61 Å². The highest BCUT2D eigenvalue weighted by atomic mass is 28.4. The third-order valence-corrected chi connectivity index (χ3v) is 7.43. The molecule has 0 unspecified atom stereocenters. The zero-order chi connectivity index (χ0) is 20.0. The lowest BCUT2D eigenvalue weighted by molar-refractivity contribution is -0.143. The predicted octanol–water partition coefficient (Wildman–Crippen LogP) is 3.91. The van der Waals surface area contributed by atoms with Gasteiger partial charge in [-0.1, -0.05) is 19.1 Å². The molecule has 7 heteroatoms. The molecule has 0 bridgehead atoms. The van der Waals surface area contributed by atoms with E-state index in [0.717, 1.165) is 6.42 Å². The predicted molar refractivity (Wildman–Crippen MR) is 109 cm³/mol. The first-order valence-electron chi connectivity index (χ1n) is 9.75. The SMILES string of the molecule is CC[C@H]1O[C@@H]2O[C@H](/C=C/CO)[C@H](O[Si](C)(C)C)[C@]2(C)[C@@]1(C)O[Si](C)(C)C. The van der Waals surface area contributed by atoms with Crippen LogP contribution in [0.25, 0.3) is 0 Å². The summed E-state index contributed by atoms with van der Waals surface area (Å²) in [5.41, 5.74) is -0.901. The lowest BCUT2D eigenvalue weighted by Crippen LogP contribution is -2.61. The van der Waals surface area contributed by atoms with Crippen LogP contribution in [0.15, 0.2) is 12.2 Å². The molecule has 0 aliphatic carbocycles. The van der Waals surface area contributed by atoms with Gasteiger partial charge in [-0.05, 0) is 59.6 Å². The third-order valence-electron chi connectivity index (χ3n) is 5.43. The summed E-state index contributed by atoms with van der Waals surface area (Å²) >= 11 is 0. The van der Waals surface area contributed by atoms with Crippen molar-refractivity contribution in [2.24, 2.45) is 5.41 Å². The summed E-state index contributed by atoms with van der Waals surface area (Å²) in [4.78, 5) is 0. The van der Waals surface area contributed by atoms with Crippen LogP contribution in [0.5, 0.6) is 0 Å². The molecule has 2 fully saturated rings. The molecule has 0 saturated carbocycles. The van der Waals surface area contributed by atoms with Crippen LogP contribution in [0.3, 0.4) is 0 Å². The van der Waals surface area contributed by atoms with Crippen LogP contribution in [-0.2, 0) is 18.3 Å². The Bertz CT molecular complexity index is 527. The molecule has 26 heavy (non-hydrogen) atoms.